The minimum atomic E-state index is -3.77. The predicted molar refractivity (Wildman–Crippen MR) is 74.2 cm³/mol. The maximum Gasteiger partial charge on any atom is 0.244 e. The summed E-state index contributed by atoms with van der Waals surface area (Å²) < 4.78 is 31.5. The minimum absolute atomic E-state index is 0.108. The molecule has 0 spiro atoms. The van der Waals surface area contributed by atoms with Crippen molar-refractivity contribution in [3.05, 3.63) is 29.3 Å². The van der Waals surface area contributed by atoms with E-state index >= 15 is 0 Å². The van der Waals surface area contributed by atoms with E-state index in [2.05, 4.69) is 0 Å². The van der Waals surface area contributed by atoms with Crippen molar-refractivity contribution in [2.24, 2.45) is 0 Å². The normalized spacial score (nSPS) is 29.3. The van der Waals surface area contributed by atoms with Crippen molar-refractivity contribution in [1.82, 2.24) is 4.31 Å². The molecular formula is C11H15BClNO4S. The average Bonchev–Trinajstić information content (AvgIpc) is 2.34. The molecule has 0 radical (unpaired) electrons. The molecule has 1 saturated heterocycles. The SMILES string of the molecule is B[C@H]1CO[C@H](C)[C@@H](O)N1S(=O)(=O)c1ccc(Cl)cc1. The third-order valence-corrected chi connectivity index (χ3v) is 5.36. The fourth-order valence-electron chi connectivity index (χ4n) is 2.03. The monoisotopic (exact) mass is 303 g/mol. The zero-order chi connectivity index (χ0) is 14.2. The molecular weight excluding hydrogens is 288 g/mol. The van der Waals surface area contributed by atoms with Crippen LogP contribution in [0.1, 0.15) is 6.92 Å². The van der Waals surface area contributed by atoms with Crippen LogP contribution in [-0.2, 0) is 14.8 Å². The van der Waals surface area contributed by atoms with Crippen molar-refractivity contribution >= 4 is 29.5 Å². The molecule has 104 valence electrons. The van der Waals surface area contributed by atoms with Crippen LogP contribution in [0.15, 0.2) is 29.2 Å². The lowest BCUT2D eigenvalue weighted by Crippen LogP contribution is -2.58. The molecule has 5 nitrogen and oxygen atoms in total. The predicted octanol–water partition coefficient (Wildman–Crippen LogP) is 0.0270. The second-order valence-electron chi connectivity index (χ2n) is 4.59. The molecule has 0 amide bonds. The van der Waals surface area contributed by atoms with Crippen LogP contribution in [0.3, 0.4) is 0 Å². The highest BCUT2D eigenvalue weighted by Crippen LogP contribution is 2.25. The van der Waals surface area contributed by atoms with Crippen molar-refractivity contribution < 1.29 is 18.3 Å². The van der Waals surface area contributed by atoms with E-state index in [0.29, 0.717) is 5.02 Å². The highest BCUT2D eigenvalue weighted by molar-refractivity contribution is 7.89. The molecule has 0 aromatic heterocycles. The van der Waals surface area contributed by atoms with Crippen LogP contribution in [0.25, 0.3) is 0 Å². The lowest BCUT2D eigenvalue weighted by molar-refractivity contribution is -0.125. The Labute approximate surface area is 118 Å². The van der Waals surface area contributed by atoms with E-state index in [4.69, 9.17) is 16.3 Å². The van der Waals surface area contributed by atoms with E-state index in [9.17, 15) is 13.5 Å². The quantitative estimate of drug-likeness (QED) is 0.783. The summed E-state index contributed by atoms with van der Waals surface area (Å²) in [6.45, 7) is 1.89. The molecule has 0 aliphatic carbocycles. The molecule has 0 bridgehead atoms. The molecule has 1 aliphatic rings. The summed E-state index contributed by atoms with van der Waals surface area (Å²) in [5.74, 6) is -0.424. The Balaban J connectivity index is 2.40. The topological polar surface area (TPSA) is 66.8 Å². The maximum absolute atomic E-state index is 12.5. The Kier molecular flexibility index (Phi) is 4.22. The minimum Gasteiger partial charge on any atom is -0.375 e. The van der Waals surface area contributed by atoms with Crippen molar-refractivity contribution in [3.63, 3.8) is 0 Å². The van der Waals surface area contributed by atoms with E-state index in [-0.39, 0.29) is 11.5 Å². The molecule has 1 fully saturated rings. The standard InChI is InChI=1S/C11H15BClNO4S/c1-7-11(15)14(10(12)6-18-7)19(16,17)9-4-2-8(13)3-5-9/h2-5,7,10-11,15H,6,12H2,1H3/t7-,10-,11-/m1/s1. The van der Waals surface area contributed by atoms with Gasteiger partial charge in [-0.15, -0.1) is 0 Å². The Morgan fingerprint density at radius 2 is 2.00 bits per heavy atom. The van der Waals surface area contributed by atoms with Gasteiger partial charge in [-0.25, -0.2) is 8.42 Å². The molecule has 3 atom stereocenters. The largest absolute Gasteiger partial charge is 0.375 e. The summed E-state index contributed by atoms with van der Waals surface area (Å²) in [5.41, 5.74) is 0. The van der Waals surface area contributed by atoms with Crippen LogP contribution in [0.2, 0.25) is 5.02 Å². The molecule has 1 aromatic rings. The molecule has 19 heavy (non-hydrogen) atoms. The molecule has 1 aromatic carbocycles. The Bertz CT molecular complexity index is 550. The van der Waals surface area contributed by atoms with Gasteiger partial charge in [0, 0.05) is 11.0 Å². The van der Waals surface area contributed by atoms with E-state index in [1.54, 1.807) is 14.8 Å². The summed E-state index contributed by atoms with van der Waals surface area (Å²) in [6.07, 6.45) is -1.75. The number of benzene rings is 1. The van der Waals surface area contributed by atoms with E-state index in [1.165, 1.54) is 24.3 Å². The van der Waals surface area contributed by atoms with Crippen LogP contribution in [0.4, 0.5) is 0 Å². The number of aliphatic hydroxyl groups is 1. The highest BCUT2D eigenvalue weighted by atomic mass is 35.5. The molecule has 0 unspecified atom stereocenters. The van der Waals surface area contributed by atoms with Crippen molar-refractivity contribution in [3.8, 4) is 0 Å². The summed E-state index contributed by atoms with van der Waals surface area (Å²) >= 11 is 5.75. The summed E-state index contributed by atoms with van der Waals surface area (Å²) in [4.78, 5) is 0.108. The Morgan fingerprint density at radius 1 is 1.42 bits per heavy atom. The van der Waals surface area contributed by atoms with E-state index in [1.807, 2.05) is 0 Å². The Morgan fingerprint density at radius 3 is 2.58 bits per heavy atom. The number of ether oxygens (including phenoxy) is 1. The van der Waals surface area contributed by atoms with Crippen LogP contribution in [-0.4, -0.2) is 50.6 Å². The van der Waals surface area contributed by atoms with Crippen LogP contribution in [0.5, 0.6) is 0 Å². The second kappa shape index (κ2) is 5.42. The number of rotatable bonds is 2. The lowest BCUT2D eigenvalue weighted by Gasteiger charge is -2.40. The van der Waals surface area contributed by atoms with Crippen LogP contribution in [0, 0.1) is 0 Å². The third kappa shape index (κ3) is 2.80. The van der Waals surface area contributed by atoms with Gasteiger partial charge in [0.1, 0.15) is 14.1 Å². The van der Waals surface area contributed by atoms with Gasteiger partial charge in [-0.3, -0.25) is 0 Å². The van der Waals surface area contributed by atoms with Gasteiger partial charge < -0.3 is 9.84 Å². The number of sulfonamides is 1. The maximum atomic E-state index is 12.5. The molecule has 0 saturated carbocycles. The summed E-state index contributed by atoms with van der Waals surface area (Å²) in [5, 5.41) is 10.5. The van der Waals surface area contributed by atoms with Crippen LogP contribution < -0.4 is 0 Å². The van der Waals surface area contributed by atoms with Crippen LogP contribution >= 0.6 is 11.6 Å². The highest BCUT2D eigenvalue weighted by Gasteiger charge is 2.40. The smallest absolute Gasteiger partial charge is 0.244 e. The van der Waals surface area contributed by atoms with Crippen molar-refractivity contribution in [2.75, 3.05) is 6.61 Å². The number of nitrogens with zero attached hydrogens (tertiary/aromatic N) is 1. The molecule has 1 aliphatic heterocycles. The van der Waals surface area contributed by atoms with Gasteiger partial charge in [0.2, 0.25) is 10.0 Å². The first-order valence-corrected chi connectivity index (χ1v) is 7.74. The van der Waals surface area contributed by atoms with Gasteiger partial charge in [-0.2, -0.15) is 4.31 Å². The molecule has 1 heterocycles. The van der Waals surface area contributed by atoms with Gasteiger partial charge >= 0.3 is 0 Å². The first-order chi connectivity index (χ1) is 8.84. The first kappa shape index (κ1) is 14.8. The number of aliphatic hydroxyl groups excluding tert-OH is 1. The number of hydrogen-bond donors (Lipinski definition) is 1. The number of halogens is 1. The molecule has 1 N–H and O–H groups in total. The fraction of sp³-hybridized carbons (Fsp3) is 0.455. The van der Waals surface area contributed by atoms with Gasteiger partial charge in [0.25, 0.3) is 0 Å². The van der Waals surface area contributed by atoms with E-state index < -0.39 is 28.3 Å². The summed E-state index contributed by atoms with van der Waals surface area (Å²) in [7, 11) is -2.07. The van der Waals surface area contributed by atoms with Gasteiger partial charge in [-0.1, -0.05) is 11.6 Å². The zero-order valence-electron chi connectivity index (χ0n) is 10.7. The van der Waals surface area contributed by atoms with Gasteiger partial charge in [-0.05, 0) is 31.2 Å². The Hall–Kier alpha value is -0.595. The van der Waals surface area contributed by atoms with Gasteiger partial charge in [0.15, 0.2) is 0 Å². The van der Waals surface area contributed by atoms with E-state index in [0.717, 1.165) is 4.31 Å². The first-order valence-electron chi connectivity index (χ1n) is 5.93. The lowest BCUT2D eigenvalue weighted by atomic mass is 9.96. The fourth-order valence-corrected chi connectivity index (χ4v) is 3.87. The van der Waals surface area contributed by atoms with Crippen molar-refractivity contribution in [1.29, 1.82) is 0 Å². The average molecular weight is 304 g/mol. The second-order valence-corrected chi connectivity index (χ2v) is 6.87. The number of hydrogen-bond acceptors (Lipinski definition) is 4. The van der Waals surface area contributed by atoms with Gasteiger partial charge in [0.05, 0.1) is 17.6 Å². The summed E-state index contributed by atoms with van der Waals surface area (Å²) in [6, 6.07) is 5.87. The third-order valence-electron chi connectivity index (χ3n) is 3.10. The molecule has 2 rings (SSSR count). The van der Waals surface area contributed by atoms with Crippen molar-refractivity contribution in [2.45, 2.75) is 30.1 Å². The zero-order valence-corrected chi connectivity index (χ0v) is 12.2. The molecule has 8 heteroatoms. The number of morpholine rings is 1.